The Kier molecular flexibility index (Phi) is 5.63. The summed E-state index contributed by atoms with van der Waals surface area (Å²) in [6.07, 6.45) is 0.294. The van der Waals surface area contributed by atoms with Gasteiger partial charge in [-0.1, -0.05) is 23.7 Å². The van der Waals surface area contributed by atoms with Gasteiger partial charge in [0.2, 0.25) is 5.91 Å². The Morgan fingerprint density at radius 3 is 2.73 bits per heavy atom. The summed E-state index contributed by atoms with van der Waals surface area (Å²) in [4.78, 5) is 12.5. The number of nitrogens with zero attached hydrogens (tertiary/aromatic N) is 4. The Morgan fingerprint density at radius 2 is 2.10 bits per heavy atom. The zero-order valence-electron chi connectivity index (χ0n) is 15.5. The Morgan fingerprint density at radius 1 is 1.33 bits per heavy atom. The molecule has 1 saturated carbocycles. The summed E-state index contributed by atoms with van der Waals surface area (Å²) >= 11 is 9.28. The van der Waals surface area contributed by atoms with Gasteiger partial charge in [-0.25, -0.2) is 0 Å². The highest BCUT2D eigenvalue weighted by Gasteiger charge is 2.42. The summed E-state index contributed by atoms with van der Waals surface area (Å²) in [7, 11) is 0. The van der Waals surface area contributed by atoms with E-state index in [0.29, 0.717) is 12.2 Å². The minimum Gasteiger partial charge on any atom is -0.324 e. The number of nitrogens with one attached hydrogen (secondary N) is 1. The van der Waals surface area contributed by atoms with Gasteiger partial charge in [0.15, 0.2) is 5.69 Å². The average molecular weight is 503 g/mol. The Labute approximate surface area is 183 Å². The van der Waals surface area contributed by atoms with E-state index in [-0.39, 0.29) is 18.2 Å². The van der Waals surface area contributed by atoms with Crippen molar-refractivity contribution in [3.05, 3.63) is 63.1 Å². The molecule has 0 unspecified atom stereocenters. The highest BCUT2D eigenvalue weighted by molar-refractivity contribution is 9.10. The number of aromatic nitrogens is 4. The third-order valence-corrected chi connectivity index (χ3v) is 5.40. The number of benzene rings is 1. The minimum absolute atomic E-state index is 0.0920. The van der Waals surface area contributed by atoms with Gasteiger partial charge in [-0.15, -0.1) is 0 Å². The third-order valence-electron chi connectivity index (χ3n) is 4.61. The number of alkyl halides is 3. The molecule has 4 rings (SSSR count). The van der Waals surface area contributed by atoms with Crippen LogP contribution in [-0.2, 0) is 24.1 Å². The molecular formula is C19H16BrClF3N5O. The van der Waals surface area contributed by atoms with Crippen molar-refractivity contribution < 1.29 is 18.0 Å². The number of amides is 1. The van der Waals surface area contributed by atoms with Gasteiger partial charge >= 0.3 is 6.18 Å². The summed E-state index contributed by atoms with van der Waals surface area (Å²) < 4.78 is 43.2. The second kappa shape index (κ2) is 8.07. The lowest BCUT2D eigenvalue weighted by molar-refractivity contribution is -0.141. The molecule has 1 aliphatic carbocycles. The summed E-state index contributed by atoms with van der Waals surface area (Å²) in [5, 5.41) is 10.1. The van der Waals surface area contributed by atoms with Crippen molar-refractivity contribution in [3.63, 3.8) is 0 Å². The minimum atomic E-state index is -4.67. The van der Waals surface area contributed by atoms with Crippen molar-refractivity contribution >= 4 is 39.1 Å². The molecule has 2 aromatic heterocycles. The molecule has 0 bridgehead atoms. The van der Waals surface area contributed by atoms with Gasteiger partial charge < -0.3 is 5.32 Å². The third kappa shape index (κ3) is 4.70. The van der Waals surface area contributed by atoms with Crippen LogP contribution in [0.15, 0.2) is 41.1 Å². The topological polar surface area (TPSA) is 64.7 Å². The molecule has 1 aliphatic rings. The summed E-state index contributed by atoms with van der Waals surface area (Å²) in [6, 6.07) is 7.16. The highest BCUT2D eigenvalue weighted by atomic mass is 79.9. The number of hydrogen-bond acceptors (Lipinski definition) is 3. The van der Waals surface area contributed by atoms with Crippen LogP contribution < -0.4 is 5.32 Å². The first-order valence-corrected chi connectivity index (χ1v) is 10.3. The zero-order valence-corrected chi connectivity index (χ0v) is 17.8. The quantitative estimate of drug-likeness (QED) is 0.511. The lowest BCUT2D eigenvalue weighted by Gasteiger charge is -2.10. The average Bonchev–Trinajstić information content (AvgIpc) is 3.31. The van der Waals surface area contributed by atoms with E-state index in [4.69, 9.17) is 11.6 Å². The summed E-state index contributed by atoms with van der Waals surface area (Å²) in [5.74, 6) is -0.575. The van der Waals surface area contributed by atoms with Crippen molar-refractivity contribution in [2.24, 2.45) is 0 Å². The molecule has 0 radical (unpaired) electrons. The number of carbonyl (C=O) groups is 1. The van der Waals surface area contributed by atoms with Crippen molar-refractivity contribution in [1.29, 1.82) is 0 Å². The maximum absolute atomic E-state index is 13.2. The van der Waals surface area contributed by atoms with Crippen LogP contribution in [0.25, 0.3) is 0 Å². The summed E-state index contributed by atoms with van der Waals surface area (Å²) in [6.45, 7) is 0.156. The first kappa shape index (κ1) is 20.9. The maximum atomic E-state index is 13.2. The van der Waals surface area contributed by atoms with Gasteiger partial charge in [-0.3, -0.25) is 14.2 Å². The smallest absolute Gasteiger partial charge is 0.324 e. The van der Waals surface area contributed by atoms with Crippen LogP contribution in [0.2, 0.25) is 5.02 Å². The van der Waals surface area contributed by atoms with Gasteiger partial charge in [-0.05, 0) is 46.5 Å². The van der Waals surface area contributed by atoms with Crippen LogP contribution in [0.1, 0.15) is 35.7 Å². The Bertz CT molecular complexity index is 1090. The molecular weight excluding hydrogens is 487 g/mol. The van der Waals surface area contributed by atoms with Crippen LogP contribution in [-0.4, -0.2) is 25.5 Å². The molecule has 1 aromatic carbocycles. The zero-order chi connectivity index (χ0) is 21.5. The largest absolute Gasteiger partial charge is 0.436 e. The molecule has 1 fully saturated rings. The molecule has 0 atom stereocenters. The molecule has 1 amide bonds. The second-order valence-corrected chi connectivity index (χ2v) is 8.38. The normalized spacial score (nSPS) is 14.2. The molecule has 158 valence electrons. The van der Waals surface area contributed by atoms with E-state index in [1.807, 2.05) is 12.3 Å². The van der Waals surface area contributed by atoms with Crippen LogP contribution in [0.3, 0.4) is 0 Å². The number of anilines is 1. The van der Waals surface area contributed by atoms with E-state index < -0.39 is 22.8 Å². The van der Waals surface area contributed by atoms with Gasteiger partial charge in [0.05, 0.1) is 27.9 Å². The monoisotopic (exact) mass is 501 g/mol. The highest BCUT2D eigenvalue weighted by Crippen LogP contribution is 2.46. The van der Waals surface area contributed by atoms with Crippen molar-refractivity contribution in [1.82, 2.24) is 19.6 Å². The predicted octanol–water partition coefficient (Wildman–Crippen LogP) is 5.08. The van der Waals surface area contributed by atoms with E-state index >= 15 is 0 Å². The molecule has 2 heterocycles. The van der Waals surface area contributed by atoms with Gasteiger partial charge in [0.1, 0.15) is 6.54 Å². The lowest BCUT2D eigenvalue weighted by atomic mass is 10.2. The van der Waals surface area contributed by atoms with Crippen LogP contribution in [0.4, 0.5) is 18.9 Å². The molecule has 3 aromatic rings. The molecule has 0 saturated heterocycles. The standard InChI is InChI=1S/C19H16BrClF3N5O/c20-13-7-25-28(9-13)8-11-2-1-3-14(6-11)26-15(30)10-29-17(12-4-5-12)16(21)18(27-29)19(22,23)24/h1-3,6-7,9,12H,4-5,8,10H2,(H,26,30). The van der Waals surface area contributed by atoms with Crippen molar-refractivity contribution in [3.8, 4) is 0 Å². The van der Waals surface area contributed by atoms with Crippen LogP contribution in [0, 0.1) is 0 Å². The second-order valence-electron chi connectivity index (χ2n) is 7.08. The first-order chi connectivity index (χ1) is 14.2. The van der Waals surface area contributed by atoms with E-state index in [0.717, 1.165) is 27.6 Å². The van der Waals surface area contributed by atoms with Gasteiger partial charge in [0.25, 0.3) is 0 Å². The number of rotatable bonds is 6. The van der Waals surface area contributed by atoms with Crippen molar-refractivity contribution in [2.45, 2.75) is 38.0 Å². The molecule has 1 N–H and O–H groups in total. The van der Waals surface area contributed by atoms with Crippen LogP contribution in [0.5, 0.6) is 0 Å². The summed E-state index contributed by atoms with van der Waals surface area (Å²) in [5.41, 5.74) is 0.568. The lowest BCUT2D eigenvalue weighted by Crippen LogP contribution is -2.21. The van der Waals surface area contributed by atoms with Crippen molar-refractivity contribution in [2.75, 3.05) is 5.32 Å². The first-order valence-electron chi connectivity index (χ1n) is 9.11. The Balaban J connectivity index is 1.48. The molecule has 11 heteroatoms. The fraction of sp³-hybridized carbons (Fsp3) is 0.316. The van der Waals surface area contributed by atoms with E-state index in [2.05, 4.69) is 31.4 Å². The SMILES string of the molecule is O=C(Cn1nc(C(F)(F)F)c(Cl)c1C1CC1)Nc1cccc(Cn2cc(Br)cn2)c1. The molecule has 30 heavy (non-hydrogen) atoms. The van der Waals surface area contributed by atoms with Crippen LogP contribution >= 0.6 is 27.5 Å². The molecule has 0 spiro atoms. The van der Waals surface area contributed by atoms with Gasteiger partial charge in [0, 0.05) is 17.8 Å². The van der Waals surface area contributed by atoms with E-state index in [1.54, 1.807) is 29.1 Å². The molecule has 6 nitrogen and oxygen atoms in total. The number of halogens is 5. The fourth-order valence-electron chi connectivity index (χ4n) is 3.20. The van der Waals surface area contributed by atoms with E-state index in [9.17, 15) is 18.0 Å². The Hall–Kier alpha value is -2.33. The predicted molar refractivity (Wildman–Crippen MR) is 108 cm³/mol. The molecule has 0 aliphatic heterocycles. The van der Waals surface area contributed by atoms with E-state index in [1.165, 1.54) is 0 Å². The number of carbonyl (C=O) groups excluding carboxylic acids is 1. The van der Waals surface area contributed by atoms with Gasteiger partial charge in [-0.2, -0.15) is 23.4 Å². The fourth-order valence-corrected chi connectivity index (χ4v) is 3.92. The number of hydrogen-bond donors (Lipinski definition) is 1. The maximum Gasteiger partial charge on any atom is 0.436 e.